The molecule has 1 amide bonds. The standard InChI is InChI=1S/C15H23N3O/c1-4-16-12-5-8-14(17-9-12)15(19)18(10-11(2)3)13-6-7-13/h5,8-9,11,13,16H,4,6-7,10H2,1-3H3. The topological polar surface area (TPSA) is 45.2 Å². The molecule has 19 heavy (non-hydrogen) atoms. The fourth-order valence-electron chi connectivity index (χ4n) is 2.15. The average molecular weight is 261 g/mol. The number of nitrogens with one attached hydrogen (secondary N) is 1. The molecule has 1 fully saturated rings. The Kier molecular flexibility index (Phi) is 4.40. The van der Waals surface area contributed by atoms with Crippen molar-refractivity contribution in [3.63, 3.8) is 0 Å². The number of carbonyl (C=O) groups excluding carboxylic acids is 1. The van der Waals surface area contributed by atoms with Gasteiger partial charge >= 0.3 is 0 Å². The fourth-order valence-corrected chi connectivity index (χ4v) is 2.15. The molecule has 0 aromatic carbocycles. The predicted octanol–water partition coefficient (Wildman–Crippen LogP) is 2.77. The number of hydrogen-bond donors (Lipinski definition) is 1. The highest BCUT2D eigenvalue weighted by Gasteiger charge is 2.33. The van der Waals surface area contributed by atoms with Crippen molar-refractivity contribution in [2.24, 2.45) is 5.92 Å². The maximum atomic E-state index is 12.5. The number of nitrogens with zero attached hydrogens (tertiary/aromatic N) is 2. The number of anilines is 1. The summed E-state index contributed by atoms with van der Waals surface area (Å²) in [6.07, 6.45) is 4.00. The van der Waals surface area contributed by atoms with Gasteiger partial charge in [-0.3, -0.25) is 4.79 Å². The summed E-state index contributed by atoms with van der Waals surface area (Å²) in [7, 11) is 0. The van der Waals surface area contributed by atoms with Gasteiger partial charge in [0.05, 0.1) is 11.9 Å². The summed E-state index contributed by atoms with van der Waals surface area (Å²) in [5.41, 5.74) is 1.51. The molecule has 0 aliphatic heterocycles. The van der Waals surface area contributed by atoms with Crippen molar-refractivity contribution in [3.8, 4) is 0 Å². The van der Waals surface area contributed by atoms with E-state index >= 15 is 0 Å². The quantitative estimate of drug-likeness (QED) is 0.856. The first-order valence-corrected chi connectivity index (χ1v) is 7.12. The van der Waals surface area contributed by atoms with Crippen LogP contribution < -0.4 is 5.32 Å². The fraction of sp³-hybridized carbons (Fsp3) is 0.600. The minimum atomic E-state index is 0.0687. The van der Waals surface area contributed by atoms with E-state index < -0.39 is 0 Å². The summed E-state index contributed by atoms with van der Waals surface area (Å²) in [6.45, 7) is 8.00. The first-order chi connectivity index (χ1) is 9.11. The molecule has 1 aliphatic rings. The molecule has 1 aromatic rings. The van der Waals surface area contributed by atoms with E-state index in [1.807, 2.05) is 24.0 Å². The summed E-state index contributed by atoms with van der Waals surface area (Å²) in [6, 6.07) is 4.17. The second-order valence-corrected chi connectivity index (χ2v) is 5.54. The lowest BCUT2D eigenvalue weighted by molar-refractivity contribution is 0.0716. The van der Waals surface area contributed by atoms with Gasteiger partial charge in [0.15, 0.2) is 0 Å². The third-order valence-electron chi connectivity index (χ3n) is 3.17. The van der Waals surface area contributed by atoms with Gasteiger partial charge in [0, 0.05) is 19.1 Å². The molecule has 1 heterocycles. The van der Waals surface area contributed by atoms with Gasteiger partial charge in [-0.25, -0.2) is 4.98 Å². The minimum Gasteiger partial charge on any atom is -0.384 e. The number of hydrogen-bond acceptors (Lipinski definition) is 3. The normalized spacial score (nSPS) is 14.5. The van der Waals surface area contributed by atoms with E-state index in [-0.39, 0.29) is 5.91 Å². The van der Waals surface area contributed by atoms with Crippen LogP contribution in [0.5, 0.6) is 0 Å². The number of amides is 1. The number of rotatable bonds is 6. The van der Waals surface area contributed by atoms with Crippen molar-refractivity contribution in [1.29, 1.82) is 0 Å². The van der Waals surface area contributed by atoms with Crippen LogP contribution >= 0.6 is 0 Å². The molecule has 0 bridgehead atoms. The average Bonchev–Trinajstić information content (AvgIpc) is 3.20. The van der Waals surface area contributed by atoms with Crippen molar-refractivity contribution in [2.75, 3.05) is 18.4 Å². The van der Waals surface area contributed by atoms with Crippen LogP contribution in [-0.2, 0) is 0 Å². The first-order valence-electron chi connectivity index (χ1n) is 7.12. The van der Waals surface area contributed by atoms with Crippen molar-refractivity contribution < 1.29 is 4.79 Å². The van der Waals surface area contributed by atoms with Crippen LogP contribution in [0.4, 0.5) is 5.69 Å². The van der Waals surface area contributed by atoms with Crippen molar-refractivity contribution in [3.05, 3.63) is 24.0 Å². The third kappa shape index (κ3) is 3.69. The molecule has 4 nitrogen and oxygen atoms in total. The number of aromatic nitrogens is 1. The third-order valence-corrected chi connectivity index (χ3v) is 3.17. The summed E-state index contributed by atoms with van der Waals surface area (Å²) >= 11 is 0. The monoisotopic (exact) mass is 261 g/mol. The Morgan fingerprint density at radius 2 is 2.21 bits per heavy atom. The van der Waals surface area contributed by atoms with Gasteiger partial charge in [-0.2, -0.15) is 0 Å². The van der Waals surface area contributed by atoms with Crippen LogP contribution in [-0.4, -0.2) is 34.9 Å². The molecule has 0 saturated heterocycles. The van der Waals surface area contributed by atoms with E-state index in [0.29, 0.717) is 17.7 Å². The van der Waals surface area contributed by atoms with E-state index in [2.05, 4.69) is 24.1 Å². The SMILES string of the molecule is CCNc1ccc(C(=O)N(CC(C)C)C2CC2)nc1. The number of carbonyl (C=O) groups is 1. The molecule has 0 atom stereocenters. The van der Waals surface area contributed by atoms with E-state index in [1.165, 1.54) is 0 Å². The molecular formula is C15H23N3O. The maximum Gasteiger partial charge on any atom is 0.272 e. The molecule has 0 radical (unpaired) electrons. The molecule has 1 N–H and O–H groups in total. The van der Waals surface area contributed by atoms with E-state index in [9.17, 15) is 4.79 Å². The number of pyridine rings is 1. The van der Waals surface area contributed by atoms with Gasteiger partial charge < -0.3 is 10.2 Å². The smallest absolute Gasteiger partial charge is 0.272 e. The van der Waals surface area contributed by atoms with E-state index in [0.717, 1.165) is 31.6 Å². The van der Waals surface area contributed by atoms with Gasteiger partial charge in [-0.05, 0) is 37.8 Å². The lowest BCUT2D eigenvalue weighted by Gasteiger charge is -2.24. The van der Waals surface area contributed by atoms with Crippen LogP contribution in [0, 0.1) is 5.92 Å². The second kappa shape index (κ2) is 6.04. The lowest BCUT2D eigenvalue weighted by Crippen LogP contribution is -2.36. The minimum absolute atomic E-state index is 0.0687. The molecule has 1 saturated carbocycles. The zero-order chi connectivity index (χ0) is 13.8. The largest absolute Gasteiger partial charge is 0.384 e. The van der Waals surface area contributed by atoms with Gasteiger partial charge in [0.25, 0.3) is 5.91 Å². The molecule has 104 valence electrons. The highest BCUT2D eigenvalue weighted by molar-refractivity contribution is 5.93. The van der Waals surface area contributed by atoms with Crippen LogP contribution in [0.15, 0.2) is 18.3 Å². The van der Waals surface area contributed by atoms with Crippen molar-refractivity contribution >= 4 is 11.6 Å². The van der Waals surface area contributed by atoms with E-state index in [1.54, 1.807) is 6.20 Å². The Morgan fingerprint density at radius 3 is 2.68 bits per heavy atom. The van der Waals surface area contributed by atoms with Gasteiger partial charge in [-0.1, -0.05) is 13.8 Å². The van der Waals surface area contributed by atoms with Crippen LogP contribution in [0.3, 0.4) is 0 Å². The molecule has 0 unspecified atom stereocenters. The van der Waals surface area contributed by atoms with Crippen LogP contribution in [0.1, 0.15) is 44.1 Å². The summed E-state index contributed by atoms with van der Waals surface area (Å²) in [4.78, 5) is 18.7. The predicted molar refractivity (Wildman–Crippen MR) is 77.3 cm³/mol. The molecular weight excluding hydrogens is 238 g/mol. The zero-order valence-corrected chi connectivity index (χ0v) is 12.0. The second-order valence-electron chi connectivity index (χ2n) is 5.54. The van der Waals surface area contributed by atoms with Gasteiger partial charge in [-0.15, -0.1) is 0 Å². The maximum absolute atomic E-state index is 12.5. The summed E-state index contributed by atoms with van der Waals surface area (Å²) < 4.78 is 0. The Morgan fingerprint density at radius 1 is 1.47 bits per heavy atom. The highest BCUT2D eigenvalue weighted by atomic mass is 16.2. The van der Waals surface area contributed by atoms with Crippen LogP contribution in [0.25, 0.3) is 0 Å². The Hall–Kier alpha value is -1.58. The van der Waals surface area contributed by atoms with Gasteiger partial charge in [0.2, 0.25) is 0 Å². The first kappa shape index (κ1) is 13.8. The van der Waals surface area contributed by atoms with Crippen LogP contribution in [0.2, 0.25) is 0 Å². The molecule has 2 rings (SSSR count). The van der Waals surface area contributed by atoms with Crippen molar-refractivity contribution in [2.45, 2.75) is 39.7 Å². The summed E-state index contributed by atoms with van der Waals surface area (Å²) in [5, 5.41) is 3.18. The molecule has 1 aromatic heterocycles. The molecule has 1 aliphatic carbocycles. The highest BCUT2D eigenvalue weighted by Crippen LogP contribution is 2.28. The Balaban J connectivity index is 2.07. The zero-order valence-electron chi connectivity index (χ0n) is 12.0. The Labute approximate surface area is 115 Å². The van der Waals surface area contributed by atoms with E-state index in [4.69, 9.17) is 0 Å². The van der Waals surface area contributed by atoms with Crippen molar-refractivity contribution in [1.82, 2.24) is 9.88 Å². The summed E-state index contributed by atoms with van der Waals surface area (Å²) in [5.74, 6) is 0.560. The molecule has 4 heteroatoms. The Bertz CT molecular complexity index is 424. The molecule has 0 spiro atoms. The van der Waals surface area contributed by atoms with Gasteiger partial charge in [0.1, 0.15) is 5.69 Å². The lowest BCUT2D eigenvalue weighted by atomic mass is 10.2.